The zero-order valence-electron chi connectivity index (χ0n) is 17.8. The van der Waals surface area contributed by atoms with Crippen LogP contribution >= 0.6 is 0 Å². The number of likely N-dealkylation sites (N-methyl/N-ethyl adjacent to an activating group) is 1. The van der Waals surface area contributed by atoms with Crippen LogP contribution in [0.2, 0.25) is 0 Å². The van der Waals surface area contributed by atoms with E-state index in [0.717, 1.165) is 5.39 Å². The van der Waals surface area contributed by atoms with E-state index in [4.69, 9.17) is 4.74 Å². The number of hydrogen-bond acceptors (Lipinski definition) is 6. The molecule has 32 heavy (non-hydrogen) atoms. The first kappa shape index (κ1) is 23.2. The van der Waals surface area contributed by atoms with E-state index in [1.54, 1.807) is 36.4 Å². The summed E-state index contributed by atoms with van der Waals surface area (Å²) in [6.45, 7) is 1.17. The summed E-state index contributed by atoms with van der Waals surface area (Å²) >= 11 is 0. The summed E-state index contributed by atoms with van der Waals surface area (Å²) < 4.78 is 33.0. The lowest BCUT2D eigenvalue weighted by Crippen LogP contribution is -2.40. The fraction of sp³-hybridized carbons (Fsp3) is 0.261. The monoisotopic (exact) mass is 456 g/mol. The number of fused-ring (bicyclic) bond motifs is 1. The Labute approximate surface area is 186 Å². The van der Waals surface area contributed by atoms with Crippen molar-refractivity contribution in [3.8, 4) is 0 Å². The Bertz CT molecular complexity index is 1250. The molecule has 3 rings (SSSR count). The first-order valence-electron chi connectivity index (χ1n) is 10.1. The quantitative estimate of drug-likeness (QED) is 0.391. The van der Waals surface area contributed by atoms with Crippen LogP contribution in [0.1, 0.15) is 25.5 Å². The van der Waals surface area contributed by atoms with Gasteiger partial charge in [0.25, 0.3) is 15.9 Å². The number of Topliss-reactive ketones (excluding diaryl/α,β-unsaturated/α-hetero) is 1. The Balaban J connectivity index is 1.82. The molecule has 0 saturated carbocycles. The lowest BCUT2D eigenvalue weighted by atomic mass is 10.2. The number of ether oxygens (including phenoxy) is 1. The largest absolute Gasteiger partial charge is 0.444 e. The van der Waals surface area contributed by atoms with Crippen LogP contribution in [0.4, 0.5) is 0 Å². The number of nitrogens with one attached hydrogen (secondary N) is 1. The van der Waals surface area contributed by atoms with E-state index in [2.05, 4.69) is 5.32 Å². The number of nitrogens with zero attached hydrogens (tertiary/aromatic N) is 1. The molecular formula is C23H24N2O6S. The maximum Gasteiger partial charge on any atom is 0.307 e. The first-order valence-corrected chi connectivity index (χ1v) is 11.5. The van der Waals surface area contributed by atoms with Gasteiger partial charge in [-0.05, 0) is 44.0 Å². The van der Waals surface area contributed by atoms with Crippen molar-refractivity contribution in [1.82, 2.24) is 9.29 Å². The molecule has 0 saturated heterocycles. The van der Waals surface area contributed by atoms with Gasteiger partial charge < -0.3 is 10.1 Å². The highest BCUT2D eigenvalue weighted by molar-refractivity contribution is 7.90. The average Bonchev–Trinajstić information content (AvgIpc) is 3.16. The normalized spacial score (nSPS) is 12.3. The Morgan fingerprint density at radius 3 is 2.34 bits per heavy atom. The topological polar surface area (TPSA) is 112 Å². The van der Waals surface area contributed by atoms with E-state index in [9.17, 15) is 22.8 Å². The predicted octanol–water partition coefficient (Wildman–Crippen LogP) is 2.45. The van der Waals surface area contributed by atoms with Gasteiger partial charge in [0.2, 0.25) is 6.10 Å². The number of carbonyl (C=O) groups excluding carboxylic acids is 3. The van der Waals surface area contributed by atoms with Gasteiger partial charge in [-0.25, -0.2) is 12.4 Å². The molecule has 8 nitrogen and oxygen atoms in total. The summed E-state index contributed by atoms with van der Waals surface area (Å²) in [5.41, 5.74) is 1.07. The van der Waals surface area contributed by atoms with Crippen LogP contribution < -0.4 is 5.32 Å². The van der Waals surface area contributed by atoms with Gasteiger partial charge in [0.1, 0.15) is 0 Å². The molecule has 3 aromatic rings. The van der Waals surface area contributed by atoms with Gasteiger partial charge in [0, 0.05) is 24.5 Å². The lowest BCUT2D eigenvalue weighted by Gasteiger charge is -2.14. The van der Waals surface area contributed by atoms with Gasteiger partial charge in [-0.2, -0.15) is 0 Å². The number of para-hydroxylation sites is 1. The first-order chi connectivity index (χ1) is 15.3. The molecule has 0 spiro atoms. The average molecular weight is 457 g/mol. The zero-order chi connectivity index (χ0) is 23.3. The molecule has 9 heteroatoms. The number of aromatic nitrogens is 1. The molecule has 1 heterocycles. The third kappa shape index (κ3) is 4.88. The van der Waals surface area contributed by atoms with Crippen LogP contribution in [0, 0.1) is 0 Å². The molecule has 0 aliphatic heterocycles. The molecule has 1 aromatic heterocycles. The number of hydrogen-bond donors (Lipinski definition) is 1. The molecule has 0 aliphatic carbocycles. The predicted molar refractivity (Wildman–Crippen MR) is 119 cm³/mol. The zero-order valence-corrected chi connectivity index (χ0v) is 18.6. The number of rotatable bonds is 9. The molecular weight excluding hydrogens is 432 g/mol. The van der Waals surface area contributed by atoms with Crippen molar-refractivity contribution in [3.05, 3.63) is 66.4 Å². The number of carbonyl (C=O) groups is 3. The number of aryl methyl sites for hydroxylation is 1. The summed E-state index contributed by atoms with van der Waals surface area (Å²) in [5, 5.41) is 3.05. The minimum Gasteiger partial charge on any atom is -0.444 e. The van der Waals surface area contributed by atoms with Gasteiger partial charge in [-0.3, -0.25) is 14.4 Å². The van der Waals surface area contributed by atoms with Crippen LogP contribution in [0.3, 0.4) is 0 Å². The Hall–Kier alpha value is -3.46. The van der Waals surface area contributed by atoms with Gasteiger partial charge in [-0.1, -0.05) is 36.4 Å². The fourth-order valence-corrected chi connectivity index (χ4v) is 4.99. The molecule has 1 unspecified atom stereocenters. The minimum absolute atomic E-state index is 0.0757. The molecule has 0 aliphatic rings. The van der Waals surface area contributed by atoms with Crippen molar-refractivity contribution in [2.75, 3.05) is 7.05 Å². The maximum atomic E-state index is 13.3. The van der Waals surface area contributed by atoms with Gasteiger partial charge in [0.05, 0.1) is 10.4 Å². The highest BCUT2D eigenvalue weighted by Gasteiger charge is 2.27. The van der Waals surface area contributed by atoms with E-state index in [1.165, 1.54) is 30.1 Å². The number of ketones is 1. The summed E-state index contributed by atoms with van der Waals surface area (Å²) in [6.07, 6.45) is -1.01. The van der Waals surface area contributed by atoms with Crippen LogP contribution in [0.5, 0.6) is 0 Å². The van der Waals surface area contributed by atoms with Crippen molar-refractivity contribution in [3.63, 3.8) is 0 Å². The van der Waals surface area contributed by atoms with E-state index in [-0.39, 0.29) is 24.2 Å². The summed E-state index contributed by atoms with van der Waals surface area (Å²) in [6, 6.07) is 17.1. The summed E-state index contributed by atoms with van der Waals surface area (Å²) in [7, 11) is -2.50. The molecule has 0 fully saturated rings. The SMILES string of the molecule is CNC(=O)C(OC(=O)CCCc1cc2ccccc2n1S(=O)(=O)c1ccccc1)C(C)=O. The van der Waals surface area contributed by atoms with Crippen LogP contribution in [0.15, 0.2) is 65.6 Å². The van der Waals surface area contributed by atoms with E-state index in [1.807, 2.05) is 12.1 Å². The molecule has 0 radical (unpaired) electrons. The highest BCUT2D eigenvalue weighted by Crippen LogP contribution is 2.26. The van der Waals surface area contributed by atoms with Crippen LogP contribution in [0.25, 0.3) is 10.9 Å². The van der Waals surface area contributed by atoms with Crippen molar-refractivity contribution in [2.45, 2.75) is 37.2 Å². The number of benzene rings is 2. The van der Waals surface area contributed by atoms with Gasteiger partial charge in [0.15, 0.2) is 5.78 Å². The highest BCUT2D eigenvalue weighted by atomic mass is 32.2. The third-order valence-electron chi connectivity index (χ3n) is 4.94. The molecule has 1 N–H and O–H groups in total. The van der Waals surface area contributed by atoms with Crippen molar-refractivity contribution >= 4 is 38.6 Å². The van der Waals surface area contributed by atoms with Crippen molar-refractivity contribution < 1.29 is 27.5 Å². The second-order valence-corrected chi connectivity index (χ2v) is 9.01. The second-order valence-electron chi connectivity index (χ2n) is 7.23. The summed E-state index contributed by atoms with van der Waals surface area (Å²) in [4.78, 5) is 35.6. The Morgan fingerprint density at radius 1 is 1.03 bits per heavy atom. The molecule has 1 atom stereocenters. The Kier molecular flexibility index (Phi) is 7.09. The van der Waals surface area contributed by atoms with Crippen molar-refractivity contribution in [2.24, 2.45) is 0 Å². The maximum absolute atomic E-state index is 13.3. The minimum atomic E-state index is -3.85. The molecule has 1 amide bonds. The van der Waals surface area contributed by atoms with Crippen LogP contribution in [-0.2, 0) is 35.6 Å². The smallest absolute Gasteiger partial charge is 0.307 e. The van der Waals surface area contributed by atoms with Gasteiger partial charge in [-0.15, -0.1) is 0 Å². The standard InChI is InChI=1S/C23H24N2O6S/c1-16(26)22(23(28)24-2)31-21(27)14-8-10-18-15-17-9-6-7-13-20(17)25(18)32(29,30)19-11-4-3-5-12-19/h3-7,9,11-13,15,22H,8,10,14H2,1-2H3,(H,24,28). The molecule has 0 bridgehead atoms. The fourth-order valence-electron chi connectivity index (χ4n) is 3.40. The second kappa shape index (κ2) is 9.78. The third-order valence-corrected chi connectivity index (χ3v) is 6.72. The van der Waals surface area contributed by atoms with E-state index >= 15 is 0 Å². The lowest BCUT2D eigenvalue weighted by molar-refractivity contribution is -0.160. The van der Waals surface area contributed by atoms with E-state index < -0.39 is 33.8 Å². The number of amides is 1. The van der Waals surface area contributed by atoms with E-state index in [0.29, 0.717) is 11.2 Å². The summed E-state index contributed by atoms with van der Waals surface area (Å²) in [5.74, 6) is -1.98. The van der Waals surface area contributed by atoms with Crippen LogP contribution in [-0.4, -0.2) is 43.2 Å². The van der Waals surface area contributed by atoms with Gasteiger partial charge >= 0.3 is 5.97 Å². The number of esters is 1. The van der Waals surface area contributed by atoms with Crippen molar-refractivity contribution in [1.29, 1.82) is 0 Å². The molecule has 168 valence electrons. The Morgan fingerprint density at radius 2 is 1.69 bits per heavy atom. The molecule has 2 aromatic carbocycles.